The first kappa shape index (κ1) is 15.8. The monoisotopic (exact) mass is 327 g/mol. The molecule has 0 N–H and O–H groups in total. The van der Waals surface area contributed by atoms with Gasteiger partial charge in [-0.2, -0.15) is 8.42 Å². The Morgan fingerprint density at radius 3 is 2.15 bits per heavy atom. The second-order valence-electron chi connectivity index (χ2n) is 6.59. The van der Waals surface area contributed by atoms with E-state index >= 15 is 0 Å². The van der Waals surface area contributed by atoms with Crippen LogP contribution in [0.4, 0.5) is 8.68 Å². The van der Waals surface area contributed by atoms with E-state index < -0.39 is 31.5 Å². The number of hydrogen-bond acceptors (Lipinski definition) is 4. The molecule has 0 aromatic rings. The molecule has 1 saturated carbocycles. The Morgan fingerprint density at radius 2 is 1.80 bits per heavy atom. The third-order valence-electron chi connectivity index (χ3n) is 3.99. The van der Waals surface area contributed by atoms with E-state index in [4.69, 9.17) is 16.3 Å². The maximum Gasteiger partial charge on any atom is 0.410 e. The van der Waals surface area contributed by atoms with E-state index in [0.29, 0.717) is 25.9 Å². The highest BCUT2D eigenvalue weighted by Crippen LogP contribution is 2.69. The molecule has 1 aliphatic carbocycles. The first-order valence-electron chi connectivity index (χ1n) is 6.51. The lowest BCUT2D eigenvalue weighted by molar-refractivity contribution is 0.0172. The molecule has 1 aliphatic heterocycles. The molecule has 5 nitrogen and oxygen atoms in total. The molecule has 2 rings (SSSR count). The highest BCUT2D eigenvalue weighted by molar-refractivity contribution is 7.89. The van der Waals surface area contributed by atoms with Crippen molar-refractivity contribution in [2.24, 2.45) is 5.41 Å². The third kappa shape index (κ3) is 2.62. The summed E-state index contributed by atoms with van der Waals surface area (Å²) < 4.78 is 38.8. The smallest absolute Gasteiger partial charge is 0.410 e. The average molecular weight is 328 g/mol. The second-order valence-corrected chi connectivity index (χ2v) is 9.03. The molecule has 1 spiro atoms. The molecule has 1 heterocycles. The van der Waals surface area contributed by atoms with Crippen molar-refractivity contribution in [2.45, 2.75) is 49.8 Å². The van der Waals surface area contributed by atoms with Gasteiger partial charge in [0.25, 0.3) is 0 Å². The topological polar surface area (TPSA) is 63.7 Å². The predicted octanol–water partition coefficient (Wildman–Crippen LogP) is 2.64. The maximum atomic E-state index is 13.2. The van der Waals surface area contributed by atoms with Gasteiger partial charge >= 0.3 is 16.3 Å². The lowest BCUT2D eigenvalue weighted by atomic mass is 9.94. The van der Waals surface area contributed by atoms with Crippen LogP contribution in [0.15, 0.2) is 0 Å². The molecule has 2 fully saturated rings. The number of carbonyl (C=O) groups excluding carboxylic acids is 1. The normalized spacial score (nSPS) is 29.4. The molecular formula is C12H19ClFNO4S. The van der Waals surface area contributed by atoms with Gasteiger partial charge < -0.3 is 9.64 Å². The maximum absolute atomic E-state index is 13.2. The number of ether oxygens (including phenoxy) is 1. The lowest BCUT2D eigenvalue weighted by Gasteiger charge is -2.34. The zero-order valence-electron chi connectivity index (χ0n) is 11.8. The Bertz CT molecular complexity index is 522. The van der Waals surface area contributed by atoms with Crippen LogP contribution in [0.25, 0.3) is 0 Å². The van der Waals surface area contributed by atoms with Gasteiger partial charge in [0.15, 0.2) is 4.21 Å². The van der Waals surface area contributed by atoms with Crippen molar-refractivity contribution in [1.82, 2.24) is 4.90 Å². The molecule has 0 aromatic carbocycles. The van der Waals surface area contributed by atoms with Crippen molar-refractivity contribution < 1.29 is 21.8 Å². The SMILES string of the molecule is CC(C)(C)OC(=O)N1CCC2(CC1)CC2(Cl)S(=O)(=O)F. The summed E-state index contributed by atoms with van der Waals surface area (Å²) in [6, 6.07) is 0. The van der Waals surface area contributed by atoms with Crippen LogP contribution in [0.2, 0.25) is 0 Å². The van der Waals surface area contributed by atoms with Crippen LogP contribution in [0, 0.1) is 5.41 Å². The zero-order valence-corrected chi connectivity index (χ0v) is 13.4. The minimum Gasteiger partial charge on any atom is -0.444 e. The lowest BCUT2D eigenvalue weighted by Crippen LogP contribution is -2.43. The van der Waals surface area contributed by atoms with Gasteiger partial charge in [-0.1, -0.05) is 11.6 Å². The average Bonchev–Trinajstić information content (AvgIpc) is 2.82. The number of halogens is 2. The first-order valence-corrected chi connectivity index (χ1v) is 8.27. The molecule has 0 radical (unpaired) electrons. The summed E-state index contributed by atoms with van der Waals surface area (Å²) in [5.74, 6) is 0. The quantitative estimate of drug-likeness (QED) is 0.548. The van der Waals surface area contributed by atoms with Crippen LogP contribution in [-0.2, 0) is 15.0 Å². The predicted molar refractivity (Wildman–Crippen MR) is 72.7 cm³/mol. The fraction of sp³-hybridized carbons (Fsp3) is 0.917. The van der Waals surface area contributed by atoms with Gasteiger partial charge in [0.2, 0.25) is 0 Å². The Hall–Kier alpha value is -0.560. The highest BCUT2D eigenvalue weighted by atomic mass is 35.5. The van der Waals surface area contributed by atoms with E-state index in [1.54, 1.807) is 20.8 Å². The van der Waals surface area contributed by atoms with E-state index in [1.165, 1.54) is 4.90 Å². The number of likely N-dealkylation sites (tertiary alicyclic amines) is 1. The fourth-order valence-corrected chi connectivity index (χ4v) is 4.34. The standard InChI is InChI=1S/C12H19ClFNO4S/c1-10(2,3)19-9(16)15-6-4-11(5-7-15)8-12(11,13)20(14,17)18/h4-8H2,1-3H3. The van der Waals surface area contributed by atoms with E-state index in [-0.39, 0.29) is 6.42 Å². The van der Waals surface area contributed by atoms with Gasteiger partial charge in [-0.3, -0.25) is 0 Å². The van der Waals surface area contributed by atoms with Gasteiger partial charge in [0.05, 0.1) is 0 Å². The van der Waals surface area contributed by atoms with Gasteiger partial charge in [-0.15, -0.1) is 3.89 Å². The van der Waals surface area contributed by atoms with Gasteiger partial charge in [0, 0.05) is 18.5 Å². The molecule has 1 atom stereocenters. The molecule has 8 heteroatoms. The second kappa shape index (κ2) is 4.47. The summed E-state index contributed by atoms with van der Waals surface area (Å²) in [4.78, 5) is 13.4. The van der Waals surface area contributed by atoms with E-state index in [9.17, 15) is 17.1 Å². The number of hydrogen-bond donors (Lipinski definition) is 0. The summed E-state index contributed by atoms with van der Waals surface area (Å²) >= 11 is 5.89. The van der Waals surface area contributed by atoms with E-state index in [0.717, 1.165) is 0 Å². The molecule has 1 amide bonds. The summed E-state index contributed by atoms with van der Waals surface area (Å²) in [7, 11) is -4.77. The van der Waals surface area contributed by atoms with Crippen LogP contribution in [0.1, 0.15) is 40.0 Å². The van der Waals surface area contributed by atoms with Crippen LogP contribution < -0.4 is 0 Å². The largest absolute Gasteiger partial charge is 0.444 e. The van der Waals surface area contributed by atoms with Crippen molar-refractivity contribution in [3.63, 3.8) is 0 Å². The minimum absolute atomic E-state index is 0.114. The molecule has 2 aliphatic rings. The molecule has 1 unspecified atom stereocenters. The Labute approximate surface area is 123 Å². The number of piperidine rings is 1. The molecule has 20 heavy (non-hydrogen) atoms. The Kier molecular flexibility index (Phi) is 3.53. The summed E-state index contributed by atoms with van der Waals surface area (Å²) in [6.45, 7) is 5.99. The number of nitrogens with zero attached hydrogens (tertiary/aromatic N) is 1. The zero-order chi connectivity index (χ0) is 15.4. The number of amides is 1. The summed E-state index contributed by atoms with van der Waals surface area (Å²) in [6.07, 6.45) is 0.427. The minimum atomic E-state index is -4.77. The molecule has 0 aromatic heterocycles. The van der Waals surface area contributed by atoms with Crippen molar-refractivity contribution in [3.05, 3.63) is 0 Å². The fourth-order valence-electron chi connectivity index (χ4n) is 2.73. The van der Waals surface area contributed by atoms with Crippen molar-refractivity contribution in [3.8, 4) is 0 Å². The van der Waals surface area contributed by atoms with Gasteiger partial charge in [0.1, 0.15) is 5.60 Å². The summed E-state index contributed by atoms with van der Waals surface area (Å²) in [5, 5.41) is 0. The van der Waals surface area contributed by atoms with E-state index in [2.05, 4.69) is 0 Å². The van der Waals surface area contributed by atoms with Crippen LogP contribution in [0.5, 0.6) is 0 Å². The van der Waals surface area contributed by atoms with Gasteiger partial charge in [-0.25, -0.2) is 4.79 Å². The molecule has 0 bridgehead atoms. The number of alkyl halides is 1. The van der Waals surface area contributed by atoms with Crippen molar-refractivity contribution >= 4 is 27.9 Å². The van der Waals surface area contributed by atoms with E-state index in [1.807, 2.05) is 0 Å². The number of carbonyl (C=O) groups is 1. The van der Waals surface area contributed by atoms with Crippen molar-refractivity contribution in [2.75, 3.05) is 13.1 Å². The van der Waals surface area contributed by atoms with Gasteiger partial charge in [-0.05, 0) is 40.0 Å². The Balaban J connectivity index is 1.97. The van der Waals surface area contributed by atoms with Crippen LogP contribution >= 0.6 is 11.6 Å². The molecule has 116 valence electrons. The summed E-state index contributed by atoms with van der Waals surface area (Å²) in [5.41, 5.74) is -1.31. The van der Waals surface area contributed by atoms with Crippen LogP contribution in [-0.4, -0.2) is 42.3 Å². The van der Waals surface area contributed by atoms with Crippen molar-refractivity contribution in [1.29, 1.82) is 0 Å². The Morgan fingerprint density at radius 1 is 1.30 bits per heavy atom. The third-order valence-corrected chi connectivity index (χ3v) is 6.43. The number of rotatable bonds is 1. The molecular weight excluding hydrogens is 309 g/mol. The highest BCUT2D eigenvalue weighted by Gasteiger charge is 2.75. The van der Waals surface area contributed by atoms with Crippen LogP contribution in [0.3, 0.4) is 0 Å². The first-order chi connectivity index (χ1) is 8.90. The molecule has 1 saturated heterocycles.